The second kappa shape index (κ2) is 4.98. The van der Waals surface area contributed by atoms with Crippen LogP contribution in [0.4, 0.5) is 5.69 Å². The summed E-state index contributed by atoms with van der Waals surface area (Å²) >= 11 is 0. The third-order valence-corrected chi connectivity index (χ3v) is 3.65. The third-order valence-electron chi connectivity index (χ3n) is 3.65. The molecule has 1 amide bonds. The molecule has 4 N–H and O–H groups in total. The summed E-state index contributed by atoms with van der Waals surface area (Å²) < 4.78 is 0. The lowest BCUT2D eigenvalue weighted by atomic mass is 9.90. The van der Waals surface area contributed by atoms with E-state index in [1.165, 1.54) is 0 Å². The van der Waals surface area contributed by atoms with Gasteiger partial charge in [0.05, 0.1) is 0 Å². The van der Waals surface area contributed by atoms with Crippen molar-refractivity contribution in [1.82, 2.24) is 5.32 Å². The second-order valence-electron chi connectivity index (χ2n) is 5.33. The molecule has 1 aromatic rings. The summed E-state index contributed by atoms with van der Waals surface area (Å²) in [6.45, 7) is 6.24. The molecule has 0 saturated carbocycles. The van der Waals surface area contributed by atoms with E-state index in [0.29, 0.717) is 5.56 Å². The van der Waals surface area contributed by atoms with Gasteiger partial charge in [0, 0.05) is 16.8 Å². The van der Waals surface area contributed by atoms with Crippen molar-refractivity contribution in [3.63, 3.8) is 0 Å². The Morgan fingerprint density at radius 2 is 2.06 bits per heavy atom. The van der Waals surface area contributed by atoms with Gasteiger partial charge < -0.3 is 16.4 Å². The number of aryl methyl sites for hydroxylation is 1. The van der Waals surface area contributed by atoms with E-state index in [2.05, 4.69) is 17.6 Å². The zero-order valence-corrected chi connectivity index (χ0v) is 11.0. The van der Waals surface area contributed by atoms with E-state index >= 15 is 0 Å². The van der Waals surface area contributed by atoms with Crippen LogP contribution in [0.25, 0.3) is 0 Å². The van der Waals surface area contributed by atoms with Crippen LogP contribution in [0.1, 0.15) is 35.7 Å². The van der Waals surface area contributed by atoms with Gasteiger partial charge in [-0.3, -0.25) is 4.79 Å². The number of nitrogens with one attached hydrogen (secondary N) is 2. The number of anilines is 1. The number of benzene rings is 1. The zero-order chi connectivity index (χ0) is 13.2. The molecule has 1 saturated heterocycles. The lowest BCUT2D eigenvalue weighted by Crippen LogP contribution is -2.45. The molecule has 1 aromatic carbocycles. The minimum atomic E-state index is -0.368. The molecule has 4 heteroatoms. The number of hydrogen-bond acceptors (Lipinski definition) is 3. The number of hydrogen-bond donors (Lipinski definition) is 3. The number of primary amides is 1. The molecular weight excluding hydrogens is 226 g/mol. The van der Waals surface area contributed by atoms with Crippen LogP contribution in [0, 0.1) is 6.92 Å². The summed E-state index contributed by atoms with van der Waals surface area (Å²) in [7, 11) is 0. The van der Waals surface area contributed by atoms with Gasteiger partial charge in [0.15, 0.2) is 0 Å². The SMILES string of the molecule is Cc1cc(NC2(C)CCNCC2)ccc1C(N)=O. The van der Waals surface area contributed by atoms with E-state index in [0.717, 1.165) is 37.2 Å². The standard InChI is InChI=1S/C14H21N3O/c1-10-9-11(3-4-12(10)13(15)18)17-14(2)5-7-16-8-6-14/h3-4,9,16-17H,5-8H2,1-2H3,(H2,15,18). The summed E-state index contributed by atoms with van der Waals surface area (Å²) in [6, 6.07) is 5.72. The summed E-state index contributed by atoms with van der Waals surface area (Å²) in [5, 5.41) is 6.93. The van der Waals surface area contributed by atoms with Crippen LogP contribution >= 0.6 is 0 Å². The monoisotopic (exact) mass is 247 g/mol. The Balaban J connectivity index is 2.14. The Hall–Kier alpha value is -1.55. The Labute approximate surface area is 108 Å². The summed E-state index contributed by atoms with van der Waals surface area (Å²) in [5.41, 5.74) is 8.01. The predicted molar refractivity (Wildman–Crippen MR) is 73.8 cm³/mol. The van der Waals surface area contributed by atoms with Gasteiger partial charge in [0.25, 0.3) is 0 Å². The molecular formula is C14H21N3O. The third kappa shape index (κ3) is 2.82. The van der Waals surface area contributed by atoms with Gasteiger partial charge >= 0.3 is 0 Å². The van der Waals surface area contributed by atoms with Crippen molar-refractivity contribution in [3.8, 4) is 0 Å². The fourth-order valence-electron chi connectivity index (χ4n) is 2.47. The number of nitrogens with two attached hydrogens (primary N) is 1. The van der Waals surface area contributed by atoms with Crippen LogP contribution in [0.3, 0.4) is 0 Å². The minimum absolute atomic E-state index is 0.131. The smallest absolute Gasteiger partial charge is 0.248 e. The fourth-order valence-corrected chi connectivity index (χ4v) is 2.47. The molecule has 0 radical (unpaired) electrons. The molecule has 0 bridgehead atoms. The van der Waals surface area contributed by atoms with Gasteiger partial charge in [-0.2, -0.15) is 0 Å². The van der Waals surface area contributed by atoms with Gasteiger partial charge in [-0.1, -0.05) is 0 Å². The lowest BCUT2D eigenvalue weighted by molar-refractivity contribution is 0.1000. The molecule has 18 heavy (non-hydrogen) atoms. The van der Waals surface area contributed by atoms with E-state index in [1.807, 2.05) is 19.1 Å². The Kier molecular flexibility index (Phi) is 3.57. The quantitative estimate of drug-likeness (QED) is 0.761. The van der Waals surface area contributed by atoms with Crippen LogP contribution in [0.5, 0.6) is 0 Å². The van der Waals surface area contributed by atoms with Crippen LogP contribution < -0.4 is 16.4 Å². The highest BCUT2D eigenvalue weighted by Gasteiger charge is 2.26. The summed E-state index contributed by atoms with van der Waals surface area (Å²) in [4.78, 5) is 11.2. The topological polar surface area (TPSA) is 67.2 Å². The molecule has 1 aliphatic heterocycles. The minimum Gasteiger partial charge on any atom is -0.380 e. The molecule has 0 aliphatic carbocycles. The normalized spacial score (nSPS) is 18.3. The molecule has 1 heterocycles. The van der Waals surface area contributed by atoms with Crippen molar-refractivity contribution in [2.24, 2.45) is 5.73 Å². The molecule has 0 spiro atoms. The van der Waals surface area contributed by atoms with E-state index in [-0.39, 0.29) is 11.4 Å². The van der Waals surface area contributed by atoms with Crippen molar-refractivity contribution < 1.29 is 4.79 Å². The van der Waals surface area contributed by atoms with Crippen molar-refractivity contribution in [2.75, 3.05) is 18.4 Å². The lowest BCUT2D eigenvalue weighted by Gasteiger charge is -2.36. The number of rotatable bonds is 3. The molecule has 0 unspecified atom stereocenters. The van der Waals surface area contributed by atoms with Crippen LogP contribution in [-0.4, -0.2) is 24.5 Å². The average molecular weight is 247 g/mol. The average Bonchev–Trinajstić information content (AvgIpc) is 2.28. The van der Waals surface area contributed by atoms with Gasteiger partial charge in [-0.05, 0) is 63.5 Å². The molecule has 1 fully saturated rings. The van der Waals surface area contributed by atoms with Crippen molar-refractivity contribution in [2.45, 2.75) is 32.2 Å². The van der Waals surface area contributed by atoms with Gasteiger partial charge in [0.1, 0.15) is 0 Å². The van der Waals surface area contributed by atoms with E-state index in [1.54, 1.807) is 6.07 Å². The number of piperidine rings is 1. The predicted octanol–water partition coefficient (Wildman–Crippen LogP) is 1.65. The van der Waals surface area contributed by atoms with E-state index < -0.39 is 0 Å². The first-order valence-corrected chi connectivity index (χ1v) is 6.40. The van der Waals surface area contributed by atoms with Crippen molar-refractivity contribution in [1.29, 1.82) is 0 Å². The Bertz CT molecular complexity index is 450. The van der Waals surface area contributed by atoms with Gasteiger partial charge in [0.2, 0.25) is 5.91 Å². The molecule has 0 atom stereocenters. The highest BCUT2D eigenvalue weighted by molar-refractivity contribution is 5.94. The van der Waals surface area contributed by atoms with Gasteiger partial charge in [-0.15, -0.1) is 0 Å². The first-order chi connectivity index (χ1) is 8.50. The highest BCUT2D eigenvalue weighted by atomic mass is 16.1. The van der Waals surface area contributed by atoms with Crippen molar-refractivity contribution >= 4 is 11.6 Å². The summed E-state index contributed by atoms with van der Waals surface area (Å²) in [6.07, 6.45) is 2.20. The molecule has 0 aromatic heterocycles. The van der Waals surface area contributed by atoms with Crippen LogP contribution in [-0.2, 0) is 0 Å². The molecule has 2 rings (SSSR count). The largest absolute Gasteiger partial charge is 0.380 e. The second-order valence-corrected chi connectivity index (χ2v) is 5.33. The van der Waals surface area contributed by atoms with Crippen LogP contribution in [0.15, 0.2) is 18.2 Å². The molecule has 1 aliphatic rings. The summed E-state index contributed by atoms with van der Waals surface area (Å²) in [5.74, 6) is -0.368. The van der Waals surface area contributed by atoms with Crippen LogP contribution in [0.2, 0.25) is 0 Å². The Morgan fingerprint density at radius 1 is 1.39 bits per heavy atom. The molecule has 4 nitrogen and oxygen atoms in total. The van der Waals surface area contributed by atoms with Crippen molar-refractivity contribution in [3.05, 3.63) is 29.3 Å². The maximum absolute atomic E-state index is 11.2. The first kappa shape index (κ1) is 12.9. The fraction of sp³-hybridized carbons (Fsp3) is 0.500. The maximum atomic E-state index is 11.2. The van der Waals surface area contributed by atoms with E-state index in [4.69, 9.17) is 5.73 Å². The van der Waals surface area contributed by atoms with Gasteiger partial charge in [-0.25, -0.2) is 0 Å². The maximum Gasteiger partial charge on any atom is 0.248 e. The Morgan fingerprint density at radius 3 is 2.61 bits per heavy atom. The highest BCUT2D eigenvalue weighted by Crippen LogP contribution is 2.25. The number of carbonyl (C=O) groups is 1. The molecule has 98 valence electrons. The number of carbonyl (C=O) groups excluding carboxylic acids is 1. The zero-order valence-electron chi connectivity index (χ0n) is 11.0. The van der Waals surface area contributed by atoms with E-state index in [9.17, 15) is 4.79 Å². The first-order valence-electron chi connectivity index (χ1n) is 6.40. The number of amides is 1.